The first-order chi connectivity index (χ1) is 10.5. The molecule has 1 unspecified atom stereocenters. The number of thiocarbonyl (C=S) groups is 1. The minimum absolute atomic E-state index is 0.0647. The van der Waals surface area contributed by atoms with Crippen LogP contribution < -0.4 is 16.6 Å². The summed E-state index contributed by atoms with van der Waals surface area (Å²) in [6.45, 7) is 6.12. The van der Waals surface area contributed by atoms with Crippen molar-refractivity contribution in [2.24, 2.45) is 17.1 Å². The summed E-state index contributed by atoms with van der Waals surface area (Å²) in [5.74, 6) is -0.0219. The number of hydrogen-bond donors (Lipinski definition) is 3. The smallest absolute Gasteiger partial charge is 0.375 e. The van der Waals surface area contributed by atoms with Crippen molar-refractivity contribution in [3.8, 4) is 0 Å². The highest BCUT2D eigenvalue weighted by Crippen LogP contribution is 2.41. The van der Waals surface area contributed by atoms with Gasteiger partial charge in [-0.05, 0) is 42.8 Å². The molecule has 0 amide bonds. The van der Waals surface area contributed by atoms with Crippen LogP contribution in [0.1, 0.15) is 44.1 Å². The molecule has 1 aromatic rings. The van der Waals surface area contributed by atoms with Crippen molar-refractivity contribution in [2.75, 3.05) is 5.43 Å². The highest BCUT2D eigenvalue weighted by atomic mass is 32.1. The molecule has 0 fully saturated rings. The predicted molar refractivity (Wildman–Crippen MR) is 85.5 cm³/mol. The Hall–Kier alpha value is -1.64. The summed E-state index contributed by atoms with van der Waals surface area (Å²) in [6.07, 6.45) is -2.92. The predicted octanol–water partition coefficient (Wildman–Crippen LogP) is 2.81. The lowest BCUT2D eigenvalue weighted by Crippen LogP contribution is -2.36. The third-order valence-electron chi connectivity index (χ3n) is 4.06. The molecule has 128 valence electrons. The molecule has 0 saturated heterocycles. The Kier molecular flexibility index (Phi) is 4.70. The number of nitrogens with zero attached hydrogens (tertiary/aromatic N) is 2. The second-order valence-corrected chi connectivity index (χ2v) is 7.18. The molecule has 0 bridgehead atoms. The quantitative estimate of drug-likeness (QED) is 0.564. The van der Waals surface area contributed by atoms with Gasteiger partial charge in [0.25, 0.3) is 0 Å². The first-order valence-corrected chi connectivity index (χ1v) is 7.67. The van der Waals surface area contributed by atoms with Crippen LogP contribution in [0.15, 0.2) is 0 Å². The van der Waals surface area contributed by atoms with E-state index in [2.05, 4.69) is 33.0 Å². The van der Waals surface area contributed by atoms with Crippen LogP contribution in [0.25, 0.3) is 0 Å². The van der Waals surface area contributed by atoms with E-state index >= 15 is 0 Å². The minimum Gasteiger partial charge on any atom is -0.375 e. The maximum Gasteiger partial charge on any atom is 0.433 e. The SMILES string of the molecule is CC(C)(C)C1CCc2nc(NNC(N)=S)nc(C(F)(F)F)c2C1. The molecular formula is C14H20F3N5S. The third kappa shape index (κ3) is 4.21. The molecular weight excluding hydrogens is 327 g/mol. The van der Waals surface area contributed by atoms with Gasteiger partial charge in [-0.25, -0.2) is 9.97 Å². The number of alkyl halides is 3. The van der Waals surface area contributed by atoms with Crippen molar-refractivity contribution >= 4 is 23.3 Å². The Labute approximate surface area is 138 Å². The molecule has 2 rings (SSSR count). The van der Waals surface area contributed by atoms with Gasteiger partial charge in [-0.3, -0.25) is 10.9 Å². The van der Waals surface area contributed by atoms with Gasteiger partial charge in [-0.2, -0.15) is 13.2 Å². The monoisotopic (exact) mass is 347 g/mol. The van der Waals surface area contributed by atoms with Crippen LogP contribution >= 0.6 is 12.2 Å². The van der Waals surface area contributed by atoms with Crippen LogP contribution in [0.2, 0.25) is 0 Å². The summed E-state index contributed by atoms with van der Waals surface area (Å²) in [5, 5.41) is -0.104. The number of fused-ring (bicyclic) bond motifs is 1. The standard InChI is InChI=1S/C14H20F3N5S/c1-13(2,3)7-4-5-9-8(6-7)10(14(15,16)17)20-12(19-9)22-21-11(18)23/h7H,4-6H2,1-3H3,(H3,18,21,23)(H,19,20,22). The van der Waals surface area contributed by atoms with E-state index in [1.807, 2.05) is 20.8 Å². The summed E-state index contributed by atoms with van der Waals surface area (Å²) in [5.41, 5.74) is 9.68. The van der Waals surface area contributed by atoms with E-state index in [-0.39, 0.29) is 28.0 Å². The van der Waals surface area contributed by atoms with Crippen LogP contribution in [-0.2, 0) is 19.0 Å². The minimum atomic E-state index is -4.54. The summed E-state index contributed by atoms with van der Waals surface area (Å²) in [4.78, 5) is 7.80. The molecule has 9 heteroatoms. The number of hydrogen-bond acceptors (Lipinski definition) is 4. The van der Waals surface area contributed by atoms with Gasteiger partial charge in [-0.15, -0.1) is 0 Å². The van der Waals surface area contributed by atoms with E-state index in [0.717, 1.165) is 6.42 Å². The third-order valence-corrected chi connectivity index (χ3v) is 4.17. The molecule has 0 spiro atoms. The molecule has 1 aliphatic rings. The average molecular weight is 347 g/mol. The number of aryl methyl sites for hydroxylation is 1. The van der Waals surface area contributed by atoms with E-state index in [0.29, 0.717) is 18.5 Å². The topological polar surface area (TPSA) is 75.9 Å². The molecule has 0 radical (unpaired) electrons. The van der Waals surface area contributed by atoms with Crippen LogP contribution in [0.3, 0.4) is 0 Å². The number of anilines is 1. The first-order valence-electron chi connectivity index (χ1n) is 7.27. The fourth-order valence-corrected chi connectivity index (χ4v) is 2.81. The van der Waals surface area contributed by atoms with Gasteiger partial charge in [-0.1, -0.05) is 20.8 Å². The lowest BCUT2D eigenvalue weighted by Gasteiger charge is -2.35. The van der Waals surface area contributed by atoms with Crippen molar-refractivity contribution in [3.05, 3.63) is 17.0 Å². The molecule has 1 heterocycles. The second kappa shape index (κ2) is 6.10. The highest BCUT2D eigenvalue weighted by Gasteiger charge is 2.40. The average Bonchev–Trinajstić information content (AvgIpc) is 2.41. The molecule has 0 aromatic carbocycles. The lowest BCUT2D eigenvalue weighted by atomic mass is 9.71. The molecule has 0 aliphatic heterocycles. The largest absolute Gasteiger partial charge is 0.433 e. The maximum absolute atomic E-state index is 13.4. The van der Waals surface area contributed by atoms with Gasteiger partial charge < -0.3 is 5.73 Å². The van der Waals surface area contributed by atoms with Crippen LogP contribution in [0.4, 0.5) is 19.1 Å². The number of rotatable bonds is 2. The van der Waals surface area contributed by atoms with Gasteiger partial charge >= 0.3 is 6.18 Å². The molecule has 5 nitrogen and oxygen atoms in total. The van der Waals surface area contributed by atoms with Gasteiger partial charge in [0.05, 0.1) is 0 Å². The Morgan fingerprint density at radius 2 is 1.91 bits per heavy atom. The van der Waals surface area contributed by atoms with E-state index in [1.54, 1.807) is 0 Å². The summed E-state index contributed by atoms with van der Waals surface area (Å²) in [7, 11) is 0. The zero-order valence-corrected chi connectivity index (χ0v) is 14.0. The highest BCUT2D eigenvalue weighted by molar-refractivity contribution is 7.80. The lowest BCUT2D eigenvalue weighted by molar-refractivity contribution is -0.142. The number of nitrogens with two attached hydrogens (primary N) is 1. The first kappa shape index (κ1) is 17.7. The summed E-state index contributed by atoms with van der Waals surface area (Å²) >= 11 is 4.60. The Morgan fingerprint density at radius 1 is 1.26 bits per heavy atom. The van der Waals surface area contributed by atoms with Gasteiger partial charge in [0, 0.05) is 11.3 Å². The van der Waals surface area contributed by atoms with Crippen LogP contribution in [0.5, 0.6) is 0 Å². The molecule has 1 atom stereocenters. The van der Waals surface area contributed by atoms with Crippen molar-refractivity contribution < 1.29 is 13.2 Å². The van der Waals surface area contributed by atoms with Crippen molar-refractivity contribution in [2.45, 2.75) is 46.2 Å². The second-order valence-electron chi connectivity index (χ2n) is 6.74. The normalized spacial score (nSPS) is 18.3. The molecule has 0 saturated carbocycles. The maximum atomic E-state index is 13.4. The zero-order chi connectivity index (χ0) is 17.4. The fourth-order valence-electron chi connectivity index (χ4n) is 2.76. The Balaban J connectivity index is 2.42. The van der Waals surface area contributed by atoms with Gasteiger partial charge in [0.1, 0.15) is 0 Å². The van der Waals surface area contributed by atoms with Crippen LogP contribution in [-0.4, -0.2) is 15.1 Å². The van der Waals surface area contributed by atoms with Crippen LogP contribution in [0, 0.1) is 11.3 Å². The molecule has 1 aliphatic carbocycles. The van der Waals surface area contributed by atoms with Crippen molar-refractivity contribution in [1.29, 1.82) is 0 Å². The molecule has 1 aromatic heterocycles. The van der Waals surface area contributed by atoms with Gasteiger partial charge in [0.15, 0.2) is 10.8 Å². The number of aromatic nitrogens is 2. The van der Waals surface area contributed by atoms with Gasteiger partial charge in [0.2, 0.25) is 5.95 Å². The Bertz CT molecular complexity index is 610. The van der Waals surface area contributed by atoms with E-state index in [4.69, 9.17) is 5.73 Å². The van der Waals surface area contributed by atoms with E-state index in [1.165, 1.54) is 0 Å². The fraction of sp³-hybridized carbons (Fsp3) is 0.643. The molecule has 23 heavy (non-hydrogen) atoms. The number of hydrazine groups is 1. The van der Waals surface area contributed by atoms with Crippen molar-refractivity contribution in [3.63, 3.8) is 0 Å². The van der Waals surface area contributed by atoms with E-state index < -0.39 is 11.9 Å². The number of halogens is 3. The zero-order valence-electron chi connectivity index (χ0n) is 13.2. The van der Waals surface area contributed by atoms with Crippen molar-refractivity contribution in [1.82, 2.24) is 15.4 Å². The molecule has 4 N–H and O–H groups in total. The Morgan fingerprint density at radius 3 is 2.43 bits per heavy atom. The number of nitrogens with one attached hydrogen (secondary N) is 2. The van der Waals surface area contributed by atoms with E-state index in [9.17, 15) is 13.2 Å². The summed E-state index contributed by atoms with van der Waals surface area (Å²) < 4.78 is 40.2. The summed E-state index contributed by atoms with van der Waals surface area (Å²) in [6, 6.07) is 0.